The summed E-state index contributed by atoms with van der Waals surface area (Å²) in [6.45, 7) is 6.31. The van der Waals surface area contributed by atoms with Crippen LogP contribution in [-0.4, -0.2) is 5.16 Å². The zero-order valence-electron chi connectivity index (χ0n) is 13.7. The lowest BCUT2D eigenvalue weighted by molar-refractivity contribution is 0.358. The van der Waals surface area contributed by atoms with Crippen LogP contribution in [0.2, 0.25) is 0 Å². The van der Waals surface area contributed by atoms with Gasteiger partial charge in [0.2, 0.25) is 0 Å². The Morgan fingerprint density at radius 2 is 1.71 bits per heavy atom. The maximum absolute atomic E-state index is 14.8. The standard InChI is InChI=1S/C20H17F2NO/c1-20(2,3)17-11-6-4-5-7-12(11)19-14(10-23-24-19)16-13(17)8-9-15(21)18(16)22/h4-10,17H,1-3H3. The minimum atomic E-state index is -0.862. The summed E-state index contributed by atoms with van der Waals surface area (Å²) in [6, 6.07) is 10.7. The predicted molar refractivity (Wildman–Crippen MR) is 88.6 cm³/mol. The van der Waals surface area contributed by atoms with E-state index in [0.717, 1.165) is 16.7 Å². The van der Waals surface area contributed by atoms with Crippen LogP contribution in [0.3, 0.4) is 0 Å². The van der Waals surface area contributed by atoms with Crippen molar-refractivity contribution >= 4 is 0 Å². The first-order valence-corrected chi connectivity index (χ1v) is 7.92. The van der Waals surface area contributed by atoms with E-state index in [4.69, 9.17) is 4.52 Å². The molecule has 0 N–H and O–H groups in total. The second-order valence-corrected chi connectivity index (χ2v) is 7.28. The number of aromatic nitrogens is 1. The Labute approximate surface area is 139 Å². The van der Waals surface area contributed by atoms with Crippen LogP contribution in [0.1, 0.15) is 37.8 Å². The molecule has 2 nitrogen and oxygen atoms in total. The number of halogens is 2. The van der Waals surface area contributed by atoms with Gasteiger partial charge in [-0.25, -0.2) is 8.78 Å². The highest BCUT2D eigenvalue weighted by Gasteiger charge is 2.37. The molecule has 1 aliphatic rings. The van der Waals surface area contributed by atoms with Crippen LogP contribution in [0, 0.1) is 17.0 Å². The summed E-state index contributed by atoms with van der Waals surface area (Å²) in [6.07, 6.45) is 1.47. The maximum atomic E-state index is 14.8. The van der Waals surface area contributed by atoms with Crippen LogP contribution < -0.4 is 0 Å². The molecule has 0 amide bonds. The van der Waals surface area contributed by atoms with Crippen molar-refractivity contribution in [2.75, 3.05) is 0 Å². The van der Waals surface area contributed by atoms with Gasteiger partial charge in [-0.05, 0) is 22.6 Å². The zero-order valence-corrected chi connectivity index (χ0v) is 13.7. The van der Waals surface area contributed by atoms with Crippen LogP contribution in [0.25, 0.3) is 22.5 Å². The quantitative estimate of drug-likeness (QED) is 0.524. The van der Waals surface area contributed by atoms with E-state index >= 15 is 0 Å². The van der Waals surface area contributed by atoms with Gasteiger partial charge in [0, 0.05) is 17.0 Å². The highest BCUT2D eigenvalue weighted by atomic mass is 19.2. The Hall–Kier alpha value is -2.49. The fraction of sp³-hybridized carbons (Fsp3) is 0.250. The molecule has 24 heavy (non-hydrogen) atoms. The number of benzene rings is 2. The molecule has 1 aliphatic carbocycles. The lowest BCUT2D eigenvalue weighted by Gasteiger charge is -2.33. The molecular weight excluding hydrogens is 308 g/mol. The van der Waals surface area contributed by atoms with Gasteiger partial charge < -0.3 is 4.52 Å². The molecule has 3 aromatic rings. The summed E-state index contributed by atoms with van der Waals surface area (Å²) in [5.74, 6) is -1.32. The van der Waals surface area contributed by atoms with Gasteiger partial charge in [0.25, 0.3) is 0 Å². The van der Waals surface area contributed by atoms with E-state index in [0.29, 0.717) is 11.3 Å². The normalized spacial score (nSPS) is 16.1. The van der Waals surface area contributed by atoms with Gasteiger partial charge in [0.15, 0.2) is 17.4 Å². The minimum absolute atomic E-state index is 0.0959. The molecule has 0 saturated carbocycles. The smallest absolute Gasteiger partial charge is 0.175 e. The summed E-state index contributed by atoms with van der Waals surface area (Å²) in [5.41, 5.74) is 3.24. The monoisotopic (exact) mass is 325 g/mol. The summed E-state index contributed by atoms with van der Waals surface area (Å²) in [5, 5.41) is 3.84. The van der Waals surface area contributed by atoms with Crippen LogP contribution >= 0.6 is 0 Å². The van der Waals surface area contributed by atoms with E-state index in [2.05, 4.69) is 25.9 Å². The van der Waals surface area contributed by atoms with Gasteiger partial charge in [0.05, 0.1) is 11.8 Å². The molecular formula is C20H17F2NO. The average Bonchev–Trinajstić information content (AvgIpc) is 2.95. The third kappa shape index (κ3) is 2.02. The third-order valence-electron chi connectivity index (χ3n) is 4.66. The van der Waals surface area contributed by atoms with Crippen molar-refractivity contribution in [3.8, 4) is 22.5 Å². The Bertz CT molecular complexity index is 937. The molecule has 0 radical (unpaired) electrons. The van der Waals surface area contributed by atoms with Crippen LogP contribution in [0.5, 0.6) is 0 Å². The Balaban J connectivity index is 2.19. The number of hydrogen-bond acceptors (Lipinski definition) is 2. The third-order valence-corrected chi connectivity index (χ3v) is 4.66. The molecule has 4 heteroatoms. The van der Waals surface area contributed by atoms with E-state index in [1.807, 2.05) is 24.3 Å². The number of fused-ring (bicyclic) bond motifs is 5. The van der Waals surface area contributed by atoms with E-state index in [1.54, 1.807) is 6.07 Å². The second-order valence-electron chi connectivity index (χ2n) is 7.28. The molecule has 1 heterocycles. The molecule has 4 rings (SSSR count). The summed E-state index contributed by atoms with van der Waals surface area (Å²) in [7, 11) is 0. The van der Waals surface area contributed by atoms with Gasteiger partial charge in [-0.3, -0.25) is 0 Å². The largest absolute Gasteiger partial charge is 0.356 e. The fourth-order valence-corrected chi connectivity index (χ4v) is 3.75. The molecule has 1 aromatic heterocycles. The van der Waals surface area contributed by atoms with E-state index in [1.165, 1.54) is 12.3 Å². The Morgan fingerprint density at radius 3 is 2.46 bits per heavy atom. The van der Waals surface area contributed by atoms with Crippen molar-refractivity contribution in [2.45, 2.75) is 26.7 Å². The number of nitrogens with zero attached hydrogens (tertiary/aromatic N) is 1. The first-order chi connectivity index (χ1) is 11.4. The van der Waals surface area contributed by atoms with Gasteiger partial charge in [-0.2, -0.15) is 0 Å². The first kappa shape index (κ1) is 15.1. The maximum Gasteiger partial charge on any atom is 0.175 e. The minimum Gasteiger partial charge on any atom is -0.356 e. The van der Waals surface area contributed by atoms with Gasteiger partial charge in [0.1, 0.15) is 0 Å². The Morgan fingerprint density at radius 1 is 0.958 bits per heavy atom. The SMILES string of the molecule is CC(C)(C)C1c2ccccc2-c2oncc2-c2c1ccc(F)c2F. The van der Waals surface area contributed by atoms with Crippen molar-refractivity contribution in [1.82, 2.24) is 5.16 Å². The molecule has 1 unspecified atom stereocenters. The van der Waals surface area contributed by atoms with Gasteiger partial charge >= 0.3 is 0 Å². The highest BCUT2D eigenvalue weighted by Crippen LogP contribution is 2.52. The molecule has 0 saturated heterocycles. The topological polar surface area (TPSA) is 26.0 Å². The van der Waals surface area contributed by atoms with Crippen LogP contribution in [-0.2, 0) is 0 Å². The van der Waals surface area contributed by atoms with Gasteiger partial charge in [-0.15, -0.1) is 0 Å². The van der Waals surface area contributed by atoms with E-state index in [9.17, 15) is 8.78 Å². The van der Waals surface area contributed by atoms with Crippen LogP contribution in [0.4, 0.5) is 8.78 Å². The highest BCUT2D eigenvalue weighted by molar-refractivity contribution is 5.86. The van der Waals surface area contributed by atoms with Crippen molar-refractivity contribution in [3.63, 3.8) is 0 Å². The van der Waals surface area contributed by atoms with E-state index in [-0.39, 0.29) is 16.9 Å². The summed E-state index contributed by atoms with van der Waals surface area (Å²) < 4.78 is 34.2. The van der Waals surface area contributed by atoms with Gasteiger partial charge in [-0.1, -0.05) is 56.3 Å². The zero-order chi connectivity index (χ0) is 17.1. The molecule has 2 aromatic carbocycles. The average molecular weight is 325 g/mol. The second kappa shape index (κ2) is 5.00. The van der Waals surface area contributed by atoms with Crippen molar-refractivity contribution in [2.24, 2.45) is 5.41 Å². The van der Waals surface area contributed by atoms with Crippen molar-refractivity contribution in [1.29, 1.82) is 0 Å². The molecule has 0 fully saturated rings. The lowest BCUT2D eigenvalue weighted by atomic mass is 9.71. The predicted octanol–water partition coefficient (Wildman–Crippen LogP) is 5.78. The van der Waals surface area contributed by atoms with E-state index < -0.39 is 11.6 Å². The first-order valence-electron chi connectivity index (χ1n) is 7.92. The molecule has 0 spiro atoms. The lowest BCUT2D eigenvalue weighted by Crippen LogP contribution is -2.20. The summed E-state index contributed by atoms with van der Waals surface area (Å²) >= 11 is 0. The molecule has 1 atom stereocenters. The fourth-order valence-electron chi connectivity index (χ4n) is 3.75. The Kier molecular flexibility index (Phi) is 3.14. The molecule has 122 valence electrons. The molecule has 0 aliphatic heterocycles. The molecule has 0 bridgehead atoms. The van der Waals surface area contributed by atoms with Crippen molar-refractivity contribution in [3.05, 3.63) is 65.4 Å². The number of hydrogen-bond donors (Lipinski definition) is 0. The van der Waals surface area contributed by atoms with Crippen molar-refractivity contribution < 1.29 is 13.3 Å². The van der Waals surface area contributed by atoms with Crippen LogP contribution in [0.15, 0.2) is 47.1 Å². The summed E-state index contributed by atoms with van der Waals surface area (Å²) in [4.78, 5) is 0. The number of rotatable bonds is 0.